The second kappa shape index (κ2) is 6.70. The Hall–Kier alpha value is -2.89. The molecule has 0 radical (unpaired) electrons. The van der Waals surface area contributed by atoms with Gasteiger partial charge in [-0.1, -0.05) is 43.2 Å². The Morgan fingerprint density at radius 2 is 2.04 bits per heavy atom. The molecule has 0 bridgehead atoms. The second-order valence-electron chi connectivity index (χ2n) is 5.94. The largest absolute Gasteiger partial charge is 0.453 e. The van der Waals surface area contributed by atoms with Gasteiger partial charge in [-0.3, -0.25) is 9.20 Å². The summed E-state index contributed by atoms with van der Waals surface area (Å²) in [5, 5.41) is 10.9. The number of hydrogen-bond acceptors (Lipinski definition) is 4. The van der Waals surface area contributed by atoms with E-state index in [-0.39, 0.29) is 12.5 Å². The van der Waals surface area contributed by atoms with Crippen molar-refractivity contribution >= 4 is 17.2 Å². The van der Waals surface area contributed by atoms with Gasteiger partial charge in [-0.05, 0) is 36.1 Å². The molecule has 3 rings (SSSR count). The number of hydrogen-bond donors (Lipinski definition) is 1. The van der Waals surface area contributed by atoms with Crippen LogP contribution in [0.15, 0.2) is 42.6 Å². The van der Waals surface area contributed by atoms with Gasteiger partial charge >= 0.3 is 6.01 Å². The third-order valence-electron chi connectivity index (χ3n) is 3.81. The van der Waals surface area contributed by atoms with Crippen LogP contribution in [0.3, 0.4) is 0 Å². The van der Waals surface area contributed by atoms with Crippen molar-refractivity contribution in [1.29, 1.82) is 0 Å². The van der Waals surface area contributed by atoms with Gasteiger partial charge in [0.05, 0.1) is 0 Å². The number of ether oxygens (including phenoxy) is 1. The Balaban J connectivity index is 1.71. The summed E-state index contributed by atoms with van der Waals surface area (Å²) in [5.41, 5.74) is 3.67. The Labute approximate surface area is 140 Å². The SMILES string of the molecule is Cc1cccc(C(C)C)c1NC(=O)COc1nnc2ccccn12. The highest BCUT2D eigenvalue weighted by Crippen LogP contribution is 2.27. The quantitative estimate of drug-likeness (QED) is 0.782. The van der Waals surface area contributed by atoms with Gasteiger partial charge in [-0.2, -0.15) is 0 Å². The molecular weight excluding hydrogens is 304 g/mol. The molecule has 0 fully saturated rings. The number of amides is 1. The average molecular weight is 324 g/mol. The number of aromatic nitrogens is 3. The van der Waals surface area contributed by atoms with E-state index in [9.17, 15) is 4.79 Å². The average Bonchev–Trinajstić information content (AvgIpc) is 2.98. The maximum atomic E-state index is 12.3. The Morgan fingerprint density at radius 3 is 2.83 bits per heavy atom. The molecule has 2 aromatic heterocycles. The molecule has 24 heavy (non-hydrogen) atoms. The maximum absolute atomic E-state index is 12.3. The first kappa shape index (κ1) is 16.0. The first-order valence-electron chi connectivity index (χ1n) is 7.88. The number of fused-ring (bicyclic) bond motifs is 1. The molecule has 6 heteroatoms. The van der Waals surface area contributed by atoms with Gasteiger partial charge in [0.15, 0.2) is 12.3 Å². The molecular formula is C18H20N4O2. The van der Waals surface area contributed by atoms with E-state index < -0.39 is 0 Å². The summed E-state index contributed by atoms with van der Waals surface area (Å²) in [6.07, 6.45) is 1.79. The topological polar surface area (TPSA) is 68.5 Å². The van der Waals surface area contributed by atoms with Gasteiger partial charge in [0.25, 0.3) is 5.91 Å². The minimum Gasteiger partial charge on any atom is -0.453 e. The molecule has 6 nitrogen and oxygen atoms in total. The molecule has 2 heterocycles. The predicted molar refractivity (Wildman–Crippen MR) is 92.4 cm³/mol. The van der Waals surface area contributed by atoms with Crippen LogP contribution in [0, 0.1) is 6.92 Å². The predicted octanol–water partition coefficient (Wildman–Crippen LogP) is 3.18. The molecule has 124 valence electrons. The molecule has 0 saturated heterocycles. The lowest BCUT2D eigenvalue weighted by Crippen LogP contribution is -2.22. The van der Waals surface area contributed by atoms with Gasteiger partial charge in [0.2, 0.25) is 0 Å². The van der Waals surface area contributed by atoms with Crippen LogP contribution < -0.4 is 10.1 Å². The minimum absolute atomic E-state index is 0.123. The number of aryl methyl sites for hydroxylation is 1. The van der Waals surface area contributed by atoms with Crippen molar-refractivity contribution < 1.29 is 9.53 Å². The smallest absolute Gasteiger partial charge is 0.322 e. The van der Waals surface area contributed by atoms with Gasteiger partial charge in [0.1, 0.15) is 0 Å². The maximum Gasteiger partial charge on any atom is 0.322 e. The van der Waals surface area contributed by atoms with Gasteiger partial charge in [-0.25, -0.2) is 0 Å². The second-order valence-corrected chi connectivity index (χ2v) is 5.94. The fraction of sp³-hybridized carbons (Fsp3) is 0.278. The van der Waals surface area contributed by atoms with Crippen LogP contribution in [0.4, 0.5) is 5.69 Å². The van der Waals surface area contributed by atoms with Crippen LogP contribution in [0.2, 0.25) is 0 Å². The minimum atomic E-state index is -0.223. The number of nitrogens with zero attached hydrogens (tertiary/aromatic N) is 3. The van der Waals surface area contributed by atoms with Crippen LogP contribution in [0.25, 0.3) is 5.65 Å². The molecule has 0 aliphatic heterocycles. The van der Waals surface area contributed by atoms with E-state index in [2.05, 4.69) is 29.4 Å². The zero-order valence-corrected chi connectivity index (χ0v) is 14.0. The van der Waals surface area contributed by atoms with Gasteiger partial charge in [-0.15, -0.1) is 5.10 Å². The third-order valence-corrected chi connectivity index (χ3v) is 3.81. The van der Waals surface area contributed by atoms with Crippen LogP contribution in [-0.2, 0) is 4.79 Å². The highest BCUT2D eigenvalue weighted by Gasteiger charge is 2.13. The molecule has 0 aliphatic carbocycles. The van der Waals surface area contributed by atoms with E-state index in [1.807, 2.05) is 43.3 Å². The van der Waals surface area contributed by atoms with E-state index in [0.717, 1.165) is 16.8 Å². The van der Waals surface area contributed by atoms with Crippen molar-refractivity contribution in [3.05, 3.63) is 53.7 Å². The van der Waals surface area contributed by atoms with Crippen molar-refractivity contribution in [2.24, 2.45) is 0 Å². The normalized spacial score (nSPS) is 11.0. The Kier molecular flexibility index (Phi) is 4.46. The van der Waals surface area contributed by atoms with E-state index in [1.165, 1.54) is 0 Å². The van der Waals surface area contributed by atoms with Crippen molar-refractivity contribution in [3.63, 3.8) is 0 Å². The van der Waals surface area contributed by atoms with Crippen LogP contribution in [0.1, 0.15) is 30.9 Å². The molecule has 1 amide bonds. The summed E-state index contributed by atoms with van der Waals surface area (Å²) in [6, 6.07) is 11.8. The fourth-order valence-corrected chi connectivity index (χ4v) is 2.57. The number of pyridine rings is 1. The van der Waals surface area contributed by atoms with Gasteiger partial charge in [0, 0.05) is 11.9 Å². The molecule has 0 aliphatic rings. The lowest BCUT2D eigenvalue weighted by molar-refractivity contribution is -0.118. The standard InChI is InChI=1S/C18H20N4O2/c1-12(2)14-8-6-7-13(3)17(14)19-16(23)11-24-18-21-20-15-9-4-5-10-22(15)18/h4-10,12H,11H2,1-3H3,(H,19,23). The Bertz CT molecular complexity index is 870. The van der Waals surface area contributed by atoms with Crippen molar-refractivity contribution in [2.75, 3.05) is 11.9 Å². The number of nitrogens with one attached hydrogen (secondary N) is 1. The first-order valence-corrected chi connectivity index (χ1v) is 7.88. The third kappa shape index (κ3) is 3.22. The summed E-state index contributed by atoms with van der Waals surface area (Å²) < 4.78 is 7.21. The van der Waals surface area contributed by atoms with Crippen molar-refractivity contribution in [2.45, 2.75) is 26.7 Å². The highest BCUT2D eigenvalue weighted by atomic mass is 16.5. The summed E-state index contributed by atoms with van der Waals surface area (Å²) in [5.74, 6) is 0.0976. The van der Waals surface area contributed by atoms with E-state index in [1.54, 1.807) is 10.6 Å². The summed E-state index contributed by atoms with van der Waals surface area (Å²) in [7, 11) is 0. The molecule has 1 N–H and O–H groups in total. The lowest BCUT2D eigenvalue weighted by Gasteiger charge is -2.16. The lowest BCUT2D eigenvalue weighted by atomic mass is 9.98. The molecule has 0 unspecified atom stereocenters. The number of para-hydroxylation sites is 1. The Morgan fingerprint density at radius 1 is 1.21 bits per heavy atom. The van der Waals surface area contributed by atoms with Crippen molar-refractivity contribution in [1.82, 2.24) is 14.6 Å². The van der Waals surface area contributed by atoms with Crippen molar-refractivity contribution in [3.8, 4) is 6.01 Å². The summed E-state index contributed by atoms with van der Waals surface area (Å²) >= 11 is 0. The number of benzene rings is 1. The van der Waals surface area contributed by atoms with Crippen LogP contribution in [-0.4, -0.2) is 27.1 Å². The van der Waals surface area contributed by atoms with Gasteiger partial charge < -0.3 is 10.1 Å². The zero-order chi connectivity index (χ0) is 17.1. The molecule has 0 spiro atoms. The highest BCUT2D eigenvalue weighted by molar-refractivity contribution is 5.93. The monoisotopic (exact) mass is 324 g/mol. The fourth-order valence-electron chi connectivity index (χ4n) is 2.57. The number of rotatable bonds is 5. The molecule has 3 aromatic rings. The molecule has 1 aromatic carbocycles. The number of carbonyl (C=O) groups is 1. The number of carbonyl (C=O) groups excluding carboxylic acids is 1. The van der Waals surface area contributed by atoms with E-state index in [0.29, 0.717) is 17.6 Å². The summed E-state index contributed by atoms with van der Waals surface area (Å²) in [4.78, 5) is 12.3. The molecule has 0 atom stereocenters. The first-order chi connectivity index (χ1) is 11.6. The van der Waals surface area contributed by atoms with E-state index in [4.69, 9.17) is 4.74 Å². The molecule has 0 saturated carbocycles. The van der Waals surface area contributed by atoms with Crippen LogP contribution in [0.5, 0.6) is 6.01 Å². The van der Waals surface area contributed by atoms with E-state index >= 15 is 0 Å². The van der Waals surface area contributed by atoms with Crippen LogP contribution >= 0.6 is 0 Å². The number of anilines is 1. The summed E-state index contributed by atoms with van der Waals surface area (Å²) in [6.45, 7) is 6.06. The zero-order valence-electron chi connectivity index (χ0n) is 14.0.